The van der Waals surface area contributed by atoms with E-state index in [1.165, 1.54) is 12.1 Å². The highest BCUT2D eigenvalue weighted by Gasteiger charge is 2.39. The van der Waals surface area contributed by atoms with E-state index >= 15 is 0 Å². The van der Waals surface area contributed by atoms with E-state index in [0.717, 1.165) is 19.3 Å². The third-order valence-electron chi connectivity index (χ3n) is 5.13. The van der Waals surface area contributed by atoms with Crippen molar-refractivity contribution in [3.05, 3.63) is 29.8 Å². The van der Waals surface area contributed by atoms with Gasteiger partial charge in [-0.1, -0.05) is 31.4 Å². The highest BCUT2D eigenvalue weighted by atomic mass is 32.2. The van der Waals surface area contributed by atoms with E-state index < -0.39 is 26.5 Å². The van der Waals surface area contributed by atoms with E-state index in [9.17, 15) is 23.1 Å². The normalized spacial score (nSPS) is 17.0. The minimum atomic E-state index is -3.33. The summed E-state index contributed by atoms with van der Waals surface area (Å²) in [6.45, 7) is 3.39. The molecule has 1 aromatic rings. The Morgan fingerprint density at radius 2 is 1.69 bits per heavy atom. The number of amides is 1. The van der Waals surface area contributed by atoms with Crippen LogP contribution in [0, 0.1) is 5.41 Å². The Morgan fingerprint density at radius 3 is 2.19 bits per heavy atom. The Bertz CT molecular complexity index is 747. The quantitative estimate of drug-likeness (QED) is 0.756. The topological polar surface area (TPSA) is 101 Å². The van der Waals surface area contributed by atoms with E-state index in [-0.39, 0.29) is 23.8 Å². The molecule has 1 aromatic carbocycles. The second-order valence-electron chi connectivity index (χ2n) is 7.34. The SMILES string of the molecule is CC(C)S(=O)(=O)c1ccc(CC(=O)NCC2(C(=O)O)CCCCC2)cc1. The van der Waals surface area contributed by atoms with Gasteiger partial charge < -0.3 is 10.4 Å². The van der Waals surface area contributed by atoms with Crippen LogP contribution in [0.4, 0.5) is 0 Å². The molecule has 0 radical (unpaired) electrons. The number of hydrogen-bond acceptors (Lipinski definition) is 4. The van der Waals surface area contributed by atoms with Crippen LogP contribution in [0.15, 0.2) is 29.2 Å². The molecule has 1 aliphatic carbocycles. The van der Waals surface area contributed by atoms with E-state index in [4.69, 9.17) is 0 Å². The van der Waals surface area contributed by atoms with Crippen molar-refractivity contribution >= 4 is 21.7 Å². The average Bonchev–Trinajstić information content (AvgIpc) is 2.61. The summed E-state index contributed by atoms with van der Waals surface area (Å²) in [5.41, 5.74) is -0.165. The van der Waals surface area contributed by atoms with Gasteiger partial charge in [-0.3, -0.25) is 9.59 Å². The first-order chi connectivity index (χ1) is 12.2. The summed E-state index contributed by atoms with van der Waals surface area (Å²) in [6, 6.07) is 6.28. The number of rotatable bonds is 7. The fourth-order valence-corrected chi connectivity index (χ4v) is 4.34. The predicted molar refractivity (Wildman–Crippen MR) is 98.6 cm³/mol. The van der Waals surface area contributed by atoms with Gasteiger partial charge in [0.25, 0.3) is 0 Å². The number of carboxylic acids is 1. The standard InChI is InChI=1S/C19H27NO5S/c1-14(2)26(24,25)16-8-6-15(7-9-16)12-17(21)20-13-19(18(22)23)10-4-3-5-11-19/h6-9,14H,3-5,10-13H2,1-2H3,(H,20,21)(H,22,23). The molecule has 2 rings (SSSR count). The molecule has 0 aromatic heterocycles. The molecule has 1 amide bonds. The largest absolute Gasteiger partial charge is 0.481 e. The summed E-state index contributed by atoms with van der Waals surface area (Å²) in [5.74, 6) is -1.10. The molecule has 0 aliphatic heterocycles. The maximum absolute atomic E-state index is 12.2. The maximum Gasteiger partial charge on any atom is 0.311 e. The van der Waals surface area contributed by atoms with Crippen LogP contribution in [0.3, 0.4) is 0 Å². The summed E-state index contributed by atoms with van der Waals surface area (Å²) >= 11 is 0. The number of sulfone groups is 1. The van der Waals surface area contributed by atoms with Gasteiger partial charge in [-0.25, -0.2) is 8.42 Å². The van der Waals surface area contributed by atoms with E-state index in [2.05, 4.69) is 5.32 Å². The summed E-state index contributed by atoms with van der Waals surface area (Å²) < 4.78 is 24.2. The van der Waals surface area contributed by atoms with Crippen molar-refractivity contribution < 1.29 is 23.1 Å². The monoisotopic (exact) mass is 381 g/mol. The molecule has 1 aliphatic rings. The van der Waals surface area contributed by atoms with Gasteiger partial charge in [0.1, 0.15) is 0 Å². The molecule has 2 N–H and O–H groups in total. The van der Waals surface area contributed by atoms with Crippen molar-refractivity contribution in [2.75, 3.05) is 6.54 Å². The molecule has 6 nitrogen and oxygen atoms in total. The first kappa shape index (κ1) is 20.4. The lowest BCUT2D eigenvalue weighted by atomic mass is 9.74. The molecule has 1 fully saturated rings. The molecule has 1 saturated carbocycles. The van der Waals surface area contributed by atoms with Gasteiger partial charge >= 0.3 is 5.97 Å². The zero-order valence-corrected chi connectivity index (χ0v) is 16.1. The Hall–Kier alpha value is -1.89. The number of carbonyl (C=O) groups is 2. The maximum atomic E-state index is 12.2. The lowest BCUT2D eigenvalue weighted by Crippen LogP contribution is -2.44. The Kier molecular flexibility index (Phi) is 6.44. The summed E-state index contributed by atoms with van der Waals surface area (Å²) in [6.07, 6.45) is 4.04. The van der Waals surface area contributed by atoms with Gasteiger partial charge in [0.2, 0.25) is 5.91 Å². The van der Waals surface area contributed by atoms with Crippen LogP contribution in [0.5, 0.6) is 0 Å². The third-order valence-corrected chi connectivity index (χ3v) is 7.30. The van der Waals surface area contributed by atoms with Crippen LogP contribution >= 0.6 is 0 Å². The summed E-state index contributed by atoms with van der Waals surface area (Å²) in [5, 5.41) is 11.8. The van der Waals surface area contributed by atoms with Gasteiger partial charge in [-0.05, 0) is 44.4 Å². The van der Waals surface area contributed by atoms with Crippen molar-refractivity contribution in [2.45, 2.75) is 62.5 Å². The first-order valence-corrected chi connectivity index (χ1v) is 10.5. The highest BCUT2D eigenvalue weighted by Crippen LogP contribution is 2.36. The van der Waals surface area contributed by atoms with Crippen molar-refractivity contribution in [1.29, 1.82) is 0 Å². The average molecular weight is 381 g/mol. The molecule has 144 valence electrons. The fraction of sp³-hybridized carbons (Fsp3) is 0.579. The van der Waals surface area contributed by atoms with E-state index in [1.54, 1.807) is 26.0 Å². The number of carboxylic acid groups (broad SMARTS) is 1. The van der Waals surface area contributed by atoms with Crippen LogP contribution in [0.1, 0.15) is 51.5 Å². The minimum absolute atomic E-state index is 0.0949. The molecule has 0 atom stereocenters. The second kappa shape index (κ2) is 8.20. The first-order valence-electron chi connectivity index (χ1n) is 9.00. The fourth-order valence-electron chi connectivity index (χ4n) is 3.28. The minimum Gasteiger partial charge on any atom is -0.481 e. The number of nitrogens with one attached hydrogen (secondary N) is 1. The van der Waals surface area contributed by atoms with Crippen molar-refractivity contribution in [3.63, 3.8) is 0 Å². The Balaban J connectivity index is 1.96. The molecule has 0 heterocycles. The van der Waals surface area contributed by atoms with E-state index in [0.29, 0.717) is 18.4 Å². The zero-order valence-electron chi connectivity index (χ0n) is 15.3. The Labute approximate surface area is 154 Å². The molecule has 0 bridgehead atoms. The van der Waals surface area contributed by atoms with Crippen LogP contribution in [0.25, 0.3) is 0 Å². The van der Waals surface area contributed by atoms with Crippen LogP contribution < -0.4 is 5.32 Å². The number of aliphatic carboxylic acids is 1. The van der Waals surface area contributed by atoms with Crippen LogP contribution in [0.2, 0.25) is 0 Å². The number of benzene rings is 1. The molecule has 0 saturated heterocycles. The van der Waals surface area contributed by atoms with Crippen molar-refractivity contribution in [1.82, 2.24) is 5.32 Å². The second-order valence-corrected chi connectivity index (χ2v) is 9.84. The van der Waals surface area contributed by atoms with E-state index in [1.807, 2.05) is 0 Å². The summed E-state index contributed by atoms with van der Waals surface area (Å²) in [4.78, 5) is 24.1. The van der Waals surface area contributed by atoms with Crippen LogP contribution in [-0.4, -0.2) is 37.2 Å². The molecule has 0 spiro atoms. The number of hydrogen-bond donors (Lipinski definition) is 2. The summed E-state index contributed by atoms with van der Waals surface area (Å²) in [7, 11) is -3.33. The van der Waals surface area contributed by atoms with Crippen LogP contribution in [-0.2, 0) is 25.8 Å². The lowest BCUT2D eigenvalue weighted by Gasteiger charge is -2.33. The molecule has 26 heavy (non-hydrogen) atoms. The smallest absolute Gasteiger partial charge is 0.311 e. The molecule has 7 heteroatoms. The van der Waals surface area contributed by atoms with Gasteiger partial charge in [-0.15, -0.1) is 0 Å². The predicted octanol–water partition coefficient (Wildman–Crippen LogP) is 2.56. The van der Waals surface area contributed by atoms with Gasteiger partial charge in [-0.2, -0.15) is 0 Å². The highest BCUT2D eigenvalue weighted by molar-refractivity contribution is 7.92. The third kappa shape index (κ3) is 4.63. The molecular weight excluding hydrogens is 354 g/mol. The zero-order chi connectivity index (χ0) is 19.4. The Morgan fingerprint density at radius 1 is 1.12 bits per heavy atom. The molecule has 0 unspecified atom stereocenters. The number of carbonyl (C=O) groups excluding carboxylic acids is 1. The molecular formula is C19H27NO5S. The van der Waals surface area contributed by atoms with Crippen molar-refractivity contribution in [3.8, 4) is 0 Å². The lowest BCUT2D eigenvalue weighted by molar-refractivity contribution is -0.151. The van der Waals surface area contributed by atoms with Gasteiger partial charge in [0, 0.05) is 6.54 Å². The van der Waals surface area contributed by atoms with Gasteiger partial charge in [0.15, 0.2) is 9.84 Å². The van der Waals surface area contributed by atoms with Gasteiger partial charge in [0.05, 0.1) is 22.0 Å². The van der Waals surface area contributed by atoms with Crippen molar-refractivity contribution in [2.24, 2.45) is 5.41 Å².